The fourth-order valence-electron chi connectivity index (χ4n) is 1.87. The quantitative estimate of drug-likeness (QED) is 0.916. The molecule has 19 heavy (non-hydrogen) atoms. The molecule has 0 saturated heterocycles. The summed E-state index contributed by atoms with van der Waals surface area (Å²) in [6.45, 7) is 4.69. The van der Waals surface area contributed by atoms with Crippen LogP contribution in [0.25, 0.3) is 10.6 Å². The van der Waals surface area contributed by atoms with E-state index in [1.807, 2.05) is 0 Å². The van der Waals surface area contributed by atoms with E-state index in [0.717, 1.165) is 17.0 Å². The molecule has 102 valence electrons. The summed E-state index contributed by atoms with van der Waals surface area (Å²) in [5, 5.41) is 1.06. The van der Waals surface area contributed by atoms with Gasteiger partial charge in [-0.2, -0.15) is 0 Å². The second-order valence-corrected chi connectivity index (χ2v) is 6.34. The molecular formula is C14H16ClFN2S. The van der Waals surface area contributed by atoms with Crippen LogP contribution >= 0.6 is 22.9 Å². The van der Waals surface area contributed by atoms with Crippen LogP contribution in [0.1, 0.15) is 24.4 Å². The van der Waals surface area contributed by atoms with E-state index in [1.54, 1.807) is 12.1 Å². The van der Waals surface area contributed by atoms with Crippen LogP contribution in [-0.4, -0.2) is 4.98 Å². The lowest BCUT2D eigenvalue weighted by molar-refractivity contribution is 0.628. The second-order valence-electron chi connectivity index (χ2n) is 4.82. The highest BCUT2D eigenvalue weighted by molar-refractivity contribution is 7.15. The number of hydrogen-bond acceptors (Lipinski definition) is 3. The lowest BCUT2D eigenvalue weighted by Crippen LogP contribution is -2.02. The second kappa shape index (κ2) is 5.99. The van der Waals surface area contributed by atoms with Gasteiger partial charge in [0.1, 0.15) is 10.8 Å². The third kappa shape index (κ3) is 3.32. The summed E-state index contributed by atoms with van der Waals surface area (Å²) >= 11 is 7.22. The smallest absolute Gasteiger partial charge is 0.134 e. The molecule has 0 aliphatic rings. The van der Waals surface area contributed by atoms with Crippen molar-refractivity contribution in [2.75, 3.05) is 0 Å². The molecule has 0 aliphatic heterocycles. The van der Waals surface area contributed by atoms with Gasteiger partial charge in [0, 0.05) is 22.0 Å². The van der Waals surface area contributed by atoms with Crippen LogP contribution in [0.2, 0.25) is 5.02 Å². The number of nitrogens with zero attached hydrogens (tertiary/aromatic N) is 1. The summed E-state index contributed by atoms with van der Waals surface area (Å²) in [5.74, 6) is 0.149. The molecule has 0 fully saturated rings. The normalized spacial score (nSPS) is 11.3. The first kappa shape index (κ1) is 14.4. The van der Waals surface area contributed by atoms with Gasteiger partial charge in [0.15, 0.2) is 0 Å². The predicted octanol–water partition coefficient (Wildman–Crippen LogP) is 4.26. The Morgan fingerprint density at radius 2 is 2.16 bits per heavy atom. The van der Waals surface area contributed by atoms with Crippen molar-refractivity contribution in [1.29, 1.82) is 0 Å². The van der Waals surface area contributed by atoms with Crippen LogP contribution in [0.3, 0.4) is 0 Å². The Morgan fingerprint density at radius 3 is 2.74 bits per heavy atom. The molecule has 0 unspecified atom stereocenters. The summed E-state index contributed by atoms with van der Waals surface area (Å²) in [7, 11) is 0. The SMILES string of the molecule is CC(C)Cc1nc(-c2ccc(Cl)cc2F)sc1CN. The zero-order chi connectivity index (χ0) is 14.0. The monoisotopic (exact) mass is 298 g/mol. The molecule has 1 heterocycles. The average molecular weight is 299 g/mol. The lowest BCUT2D eigenvalue weighted by Gasteiger charge is -2.02. The number of halogens is 2. The van der Waals surface area contributed by atoms with Crippen molar-refractivity contribution in [3.8, 4) is 10.6 Å². The Kier molecular flexibility index (Phi) is 4.55. The molecule has 1 aromatic carbocycles. The number of aromatic nitrogens is 1. The number of thiazole rings is 1. The maximum Gasteiger partial charge on any atom is 0.134 e. The predicted molar refractivity (Wildman–Crippen MR) is 79.0 cm³/mol. The minimum atomic E-state index is -0.346. The average Bonchev–Trinajstić information content (AvgIpc) is 2.71. The van der Waals surface area contributed by atoms with Gasteiger partial charge in [0.2, 0.25) is 0 Å². The molecule has 5 heteroatoms. The summed E-state index contributed by atoms with van der Waals surface area (Å²) in [6.07, 6.45) is 0.859. The van der Waals surface area contributed by atoms with Crippen LogP contribution in [0.5, 0.6) is 0 Å². The Bertz CT molecular complexity index is 581. The first-order valence-electron chi connectivity index (χ1n) is 6.15. The molecule has 0 atom stereocenters. The van der Waals surface area contributed by atoms with Gasteiger partial charge in [-0.05, 0) is 30.5 Å². The van der Waals surface area contributed by atoms with Gasteiger partial charge in [-0.1, -0.05) is 25.4 Å². The van der Waals surface area contributed by atoms with Crippen molar-refractivity contribution in [2.24, 2.45) is 11.7 Å². The Balaban J connectivity index is 2.42. The molecule has 2 rings (SSSR count). The van der Waals surface area contributed by atoms with Gasteiger partial charge in [-0.15, -0.1) is 11.3 Å². The fourth-order valence-corrected chi connectivity index (χ4v) is 3.02. The van der Waals surface area contributed by atoms with E-state index in [9.17, 15) is 4.39 Å². The molecule has 2 nitrogen and oxygen atoms in total. The standard InChI is InChI=1S/C14H16ClFN2S/c1-8(2)5-12-13(7-17)19-14(18-12)10-4-3-9(15)6-11(10)16/h3-4,6,8H,5,7,17H2,1-2H3. The summed E-state index contributed by atoms with van der Waals surface area (Å²) in [4.78, 5) is 5.56. The first-order chi connectivity index (χ1) is 9.01. The van der Waals surface area contributed by atoms with Crippen molar-refractivity contribution < 1.29 is 4.39 Å². The van der Waals surface area contributed by atoms with Crippen LogP contribution in [0.15, 0.2) is 18.2 Å². The van der Waals surface area contributed by atoms with E-state index < -0.39 is 0 Å². The van der Waals surface area contributed by atoms with Gasteiger partial charge in [0.25, 0.3) is 0 Å². The fraction of sp³-hybridized carbons (Fsp3) is 0.357. The molecule has 0 bridgehead atoms. The molecule has 0 aliphatic carbocycles. The maximum atomic E-state index is 13.9. The summed E-state index contributed by atoms with van der Waals surface area (Å²) in [6, 6.07) is 4.64. The van der Waals surface area contributed by atoms with E-state index in [-0.39, 0.29) is 5.82 Å². The molecule has 2 N–H and O–H groups in total. The molecule has 0 radical (unpaired) electrons. The van der Waals surface area contributed by atoms with E-state index in [4.69, 9.17) is 17.3 Å². The number of rotatable bonds is 4. The Morgan fingerprint density at radius 1 is 1.42 bits per heavy atom. The van der Waals surface area contributed by atoms with Gasteiger partial charge in [0.05, 0.1) is 5.69 Å². The van der Waals surface area contributed by atoms with Gasteiger partial charge in [-0.25, -0.2) is 9.37 Å². The minimum absolute atomic E-state index is 0.346. The van der Waals surface area contributed by atoms with Crippen LogP contribution in [0.4, 0.5) is 4.39 Å². The van der Waals surface area contributed by atoms with E-state index in [2.05, 4.69) is 18.8 Å². The van der Waals surface area contributed by atoms with E-state index in [1.165, 1.54) is 17.4 Å². The Labute approximate surface area is 121 Å². The third-order valence-electron chi connectivity index (χ3n) is 2.73. The highest BCUT2D eigenvalue weighted by Gasteiger charge is 2.15. The third-order valence-corrected chi connectivity index (χ3v) is 4.12. The van der Waals surface area contributed by atoms with Crippen molar-refractivity contribution in [1.82, 2.24) is 4.98 Å². The van der Waals surface area contributed by atoms with Gasteiger partial charge >= 0.3 is 0 Å². The Hall–Kier alpha value is -0.970. The minimum Gasteiger partial charge on any atom is -0.326 e. The largest absolute Gasteiger partial charge is 0.326 e. The van der Waals surface area contributed by atoms with E-state index >= 15 is 0 Å². The molecule has 0 spiro atoms. The molecule has 1 aromatic heterocycles. The number of nitrogens with two attached hydrogens (primary N) is 1. The molecular weight excluding hydrogens is 283 g/mol. The zero-order valence-electron chi connectivity index (χ0n) is 10.9. The van der Waals surface area contributed by atoms with Crippen LogP contribution in [-0.2, 0) is 13.0 Å². The highest BCUT2D eigenvalue weighted by Crippen LogP contribution is 2.31. The summed E-state index contributed by atoms with van der Waals surface area (Å²) < 4.78 is 13.9. The highest BCUT2D eigenvalue weighted by atomic mass is 35.5. The van der Waals surface area contributed by atoms with E-state index in [0.29, 0.717) is 28.1 Å². The van der Waals surface area contributed by atoms with Gasteiger partial charge in [-0.3, -0.25) is 0 Å². The number of benzene rings is 1. The number of hydrogen-bond donors (Lipinski definition) is 1. The zero-order valence-corrected chi connectivity index (χ0v) is 12.5. The first-order valence-corrected chi connectivity index (χ1v) is 7.34. The van der Waals surface area contributed by atoms with Crippen molar-refractivity contribution in [3.63, 3.8) is 0 Å². The summed E-state index contributed by atoms with van der Waals surface area (Å²) in [5.41, 5.74) is 7.20. The lowest BCUT2D eigenvalue weighted by atomic mass is 10.1. The van der Waals surface area contributed by atoms with Crippen LogP contribution in [0, 0.1) is 11.7 Å². The molecule has 2 aromatic rings. The maximum absolute atomic E-state index is 13.9. The van der Waals surface area contributed by atoms with Crippen LogP contribution < -0.4 is 5.73 Å². The molecule has 0 saturated carbocycles. The van der Waals surface area contributed by atoms with Crippen molar-refractivity contribution in [3.05, 3.63) is 39.6 Å². The van der Waals surface area contributed by atoms with Gasteiger partial charge < -0.3 is 5.73 Å². The molecule has 0 amide bonds. The van der Waals surface area contributed by atoms with Crippen molar-refractivity contribution >= 4 is 22.9 Å². The topological polar surface area (TPSA) is 38.9 Å². The van der Waals surface area contributed by atoms with Crippen molar-refractivity contribution in [2.45, 2.75) is 26.8 Å².